The molecule has 7 N–H and O–H groups in total. The SMILES string of the molecule is CCCCCCCCCCCCCCCCCCCCCCCCCCC(=O)OC(COCCCCCCCCCCCCCC)COC1OC(COC2OC(CO)C(O)C(O)C2O)C(O)C(O)C1O. The van der Waals surface area contributed by atoms with E-state index < -0.39 is 80.7 Å². The highest BCUT2D eigenvalue weighted by Gasteiger charge is 2.47. The summed E-state index contributed by atoms with van der Waals surface area (Å²) in [6.45, 7) is 3.75. The molecule has 0 aliphatic carbocycles. The van der Waals surface area contributed by atoms with Crippen molar-refractivity contribution in [1.29, 1.82) is 0 Å². The zero-order chi connectivity index (χ0) is 50.9. The molecular formula is C56H108O14. The van der Waals surface area contributed by atoms with Crippen LogP contribution in [0, 0.1) is 0 Å². The molecule has 14 heteroatoms. The summed E-state index contributed by atoms with van der Waals surface area (Å²) in [6.07, 6.45) is 30.3. The monoisotopic (exact) mass is 1000 g/mol. The second-order valence-corrected chi connectivity index (χ2v) is 20.8. The molecule has 2 saturated heterocycles. The largest absolute Gasteiger partial charge is 0.457 e. The lowest BCUT2D eigenvalue weighted by Gasteiger charge is -2.42. The first kappa shape index (κ1) is 65.1. The highest BCUT2D eigenvalue weighted by Crippen LogP contribution is 2.27. The molecule has 11 unspecified atom stereocenters. The van der Waals surface area contributed by atoms with Crippen molar-refractivity contribution in [3.8, 4) is 0 Å². The van der Waals surface area contributed by atoms with Gasteiger partial charge in [0.25, 0.3) is 0 Å². The number of hydrogen-bond donors (Lipinski definition) is 7. The lowest BCUT2D eigenvalue weighted by Crippen LogP contribution is -2.61. The molecule has 0 aromatic carbocycles. The number of aliphatic hydroxyl groups excluding tert-OH is 7. The van der Waals surface area contributed by atoms with Crippen molar-refractivity contribution in [2.45, 2.75) is 319 Å². The van der Waals surface area contributed by atoms with Crippen molar-refractivity contribution in [3.05, 3.63) is 0 Å². The van der Waals surface area contributed by atoms with E-state index in [9.17, 15) is 40.5 Å². The Morgan fingerprint density at radius 2 is 0.757 bits per heavy atom. The van der Waals surface area contributed by atoms with Crippen LogP contribution in [0.25, 0.3) is 0 Å². The normalized spacial score (nSPS) is 25.4. The van der Waals surface area contributed by atoms with Gasteiger partial charge in [0.2, 0.25) is 0 Å². The van der Waals surface area contributed by atoms with Gasteiger partial charge in [-0.2, -0.15) is 0 Å². The molecule has 0 spiro atoms. The smallest absolute Gasteiger partial charge is 0.306 e. The second-order valence-electron chi connectivity index (χ2n) is 20.8. The Labute approximate surface area is 425 Å². The Balaban J connectivity index is 1.66. The minimum atomic E-state index is -1.70. The third-order valence-corrected chi connectivity index (χ3v) is 14.4. The van der Waals surface area contributed by atoms with E-state index in [-0.39, 0.29) is 25.6 Å². The molecule has 14 nitrogen and oxygen atoms in total. The first-order valence-electron chi connectivity index (χ1n) is 29.1. The zero-order valence-electron chi connectivity index (χ0n) is 44.5. The summed E-state index contributed by atoms with van der Waals surface area (Å²) < 4.78 is 34.4. The molecule has 2 heterocycles. The van der Waals surface area contributed by atoms with Gasteiger partial charge < -0.3 is 64.2 Å². The van der Waals surface area contributed by atoms with E-state index in [1.165, 1.54) is 186 Å². The topological polar surface area (TPSA) is 214 Å². The average Bonchev–Trinajstić information content (AvgIpc) is 3.36. The van der Waals surface area contributed by atoms with Gasteiger partial charge in [0.15, 0.2) is 12.6 Å². The fourth-order valence-corrected chi connectivity index (χ4v) is 9.64. The van der Waals surface area contributed by atoms with Gasteiger partial charge in [-0.3, -0.25) is 4.79 Å². The van der Waals surface area contributed by atoms with E-state index in [1.807, 2.05) is 0 Å². The van der Waals surface area contributed by atoms with Crippen LogP contribution < -0.4 is 0 Å². The summed E-state index contributed by atoms with van der Waals surface area (Å²) in [7, 11) is 0. The van der Waals surface area contributed by atoms with Crippen LogP contribution in [0.2, 0.25) is 0 Å². The Morgan fingerprint density at radius 3 is 1.16 bits per heavy atom. The molecule has 70 heavy (non-hydrogen) atoms. The molecule has 0 radical (unpaired) electrons. The summed E-state index contributed by atoms with van der Waals surface area (Å²) in [5.74, 6) is -0.368. The van der Waals surface area contributed by atoms with Crippen LogP contribution in [0.5, 0.6) is 0 Å². The molecule has 0 aromatic rings. The van der Waals surface area contributed by atoms with E-state index in [1.54, 1.807) is 0 Å². The fourth-order valence-electron chi connectivity index (χ4n) is 9.64. The van der Waals surface area contributed by atoms with Crippen molar-refractivity contribution >= 4 is 5.97 Å². The van der Waals surface area contributed by atoms with Gasteiger partial charge in [0.05, 0.1) is 26.4 Å². The van der Waals surface area contributed by atoms with Crippen molar-refractivity contribution in [2.24, 2.45) is 0 Å². The lowest BCUT2D eigenvalue weighted by atomic mass is 9.98. The van der Waals surface area contributed by atoms with Crippen molar-refractivity contribution in [3.63, 3.8) is 0 Å². The van der Waals surface area contributed by atoms with E-state index >= 15 is 0 Å². The molecule has 0 saturated carbocycles. The van der Waals surface area contributed by atoms with Crippen LogP contribution in [0.1, 0.15) is 251 Å². The van der Waals surface area contributed by atoms with Gasteiger partial charge in [0.1, 0.15) is 54.9 Å². The third kappa shape index (κ3) is 31.0. The molecule has 0 bridgehead atoms. The number of aliphatic hydroxyl groups is 7. The maximum Gasteiger partial charge on any atom is 0.306 e. The molecule has 2 rings (SSSR count). The predicted octanol–water partition coefficient (Wildman–Crippen LogP) is 10.0. The predicted molar refractivity (Wildman–Crippen MR) is 275 cm³/mol. The van der Waals surface area contributed by atoms with Crippen LogP contribution in [0.15, 0.2) is 0 Å². The molecule has 2 aliphatic heterocycles. The maximum atomic E-state index is 13.1. The van der Waals surface area contributed by atoms with Gasteiger partial charge in [0, 0.05) is 13.0 Å². The first-order valence-corrected chi connectivity index (χ1v) is 29.1. The van der Waals surface area contributed by atoms with E-state index in [2.05, 4.69) is 13.8 Å². The van der Waals surface area contributed by atoms with Crippen LogP contribution in [0.4, 0.5) is 0 Å². The molecule has 11 atom stereocenters. The Hall–Kier alpha value is -1.01. The fraction of sp³-hybridized carbons (Fsp3) is 0.982. The van der Waals surface area contributed by atoms with Crippen LogP contribution in [0.3, 0.4) is 0 Å². The number of hydrogen-bond acceptors (Lipinski definition) is 14. The average molecular weight is 1010 g/mol. The summed E-state index contributed by atoms with van der Waals surface area (Å²) >= 11 is 0. The number of rotatable bonds is 48. The zero-order valence-corrected chi connectivity index (χ0v) is 44.5. The van der Waals surface area contributed by atoms with Crippen molar-refractivity contribution in [2.75, 3.05) is 33.0 Å². The van der Waals surface area contributed by atoms with Crippen LogP contribution >= 0.6 is 0 Å². The summed E-state index contributed by atoms with van der Waals surface area (Å²) in [5.41, 5.74) is 0. The Bertz CT molecular complexity index is 1170. The molecule has 416 valence electrons. The molecule has 0 aromatic heterocycles. The minimum absolute atomic E-state index is 0.0703. The van der Waals surface area contributed by atoms with E-state index in [0.29, 0.717) is 6.61 Å². The van der Waals surface area contributed by atoms with Gasteiger partial charge in [-0.05, 0) is 12.8 Å². The number of esters is 1. The number of carbonyl (C=O) groups is 1. The summed E-state index contributed by atoms with van der Waals surface area (Å²) in [6, 6.07) is 0. The summed E-state index contributed by atoms with van der Waals surface area (Å²) in [5, 5.41) is 72.2. The van der Waals surface area contributed by atoms with Crippen molar-refractivity contribution in [1.82, 2.24) is 0 Å². The number of unbranched alkanes of at least 4 members (excludes halogenated alkanes) is 34. The van der Waals surface area contributed by atoms with Crippen LogP contribution in [-0.4, -0.2) is 142 Å². The number of ether oxygens (including phenoxy) is 6. The van der Waals surface area contributed by atoms with Gasteiger partial charge in [-0.15, -0.1) is 0 Å². The minimum Gasteiger partial charge on any atom is -0.457 e. The lowest BCUT2D eigenvalue weighted by molar-refractivity contribution is -0.332. The molecule has 2 aliphatic rings. The molecular weight excluding hydrogens is 897 g/mol. The van der Waals surface area contributed by atoms with Gasteiger partial charge in [-0.25, -0.2) is 0 Å². The first-order chi connectivity index (χ1) is 34.1. The standard InChI is InChI=1S/C56H108O14/c1-3-5-7-9-11-13-15-17-18-19-20-21-22-23-24-25-26-27-28-29-31-33-35-37-39-48(58)68-45(42-65-40-38-36-34-32-30-16-14-12-10-8-6-4-2)43-66-55-54(64)52(62)50(60)47(70-55)44-67-56-53(63)51(61)49(59)46(41-57)69-56/h45-47,49-57,59-64H,3-44H2,1-2H3. The van der Waals surface area contributed by atoms with E-state index in [4.69, 9.17) is 28.4 Å². The third-order valence-electron chi connectivity index (χ3n) is 14.4. The summed E-state index contributed by atoms with van der Waals surface area (Å²) in [4.78, 5) is 13.1. The van der Waals surface area contributed by atoms with Gasteiger partial charge >= 0.3 is 5.97 Å². The number of carbonyl (C=O) groups excluding carboxylic acids is 1. The second kappa shape index (κ2) is 44.3. The Kier molecular flexibility index (Phi) is 41.2. The van der Waals surface area contributed by atoms with E-state index in [0.717, 1.165) is 44.9 Å². The molecule has 2 fully saturated rings. The van der Waals surface area contributed by atoms with Gasteiger partial charge in [-0.1, -0.05) is 232 Å². The van der Waals surface area contributed by atoms with Crippen LogP contribution in [-0.2, 0) is 33.2 Å². The highest BCUT2D eigenvalue weighted by molar-refractivity contribution is 5.69. The molecule has 0 amide bonds. The maximum absolute atomic E-state index is 13.1. The Morgan fingerprint density at radius 1 is 0.414 bits per heavy atom. The highest BCUT2D eigenvalue weighted by atomic mass is 16.7. The quantitative estimate of drug-likeness (QED) is 0.0223. The van der Waals surface area contributed by atoms with Crippen molar-refractivity contribution < 1.29 is 69.0 Å².